The Morgan fingerprint density at radius 3 is 2.35 bits per heavy atom. The van der Waals surface area contributed by atoms with Crippen molar-refractivity contribution in [3.8, 4) is 17.9 Å². The summed E-state index contributed by atoms with van der Waals surface area (Å²) in [5.41, 5.74) is 1.90. The third-order valence-corrected chi connectivity index (χ3v) is 2.97. The SMILES string of the molecule is CCOc1cc(N(CC)CC)ccc1C=C(C#N)C#N. The number of nitrogens with zero attached hydrogens (tertiary/aromatic N) is 3. The monoisotopic (exact) mass is 269 g/mol. The van der Waals surface area contributed by atoms with Gasteiger partial charge >= 0.3 is 0 Å². The van der Waals surface area contributed by atoms with Crippen LogP contribution in [0.3, 0.4) is 0 Å². The Morgan fingerprint density at radius 1 is 1.20 bits per heavy atom. The second-order valence-electron chi connectivity index (χ2n) is 4.11. The zero-order valence-corrected chi connectivity index (χ0v) is 12.2. The molecule has 0 saturated carbocycles. The van der Waals surface area contributed by atoms with E-state index in [0.29, 0.717) is 12.4 Å². The van der Waals surface area contributed by atoms with Crippen LogP contribution in [0.1, 0.15) is 26.3 Å². The smallest absolute Gasteiger partial charge is 0.130 e. The number of nitriles is 2. The number of anilines is 1. The van der Waals surface area contributed by atoms with Gasteiger partial charge in [-0.1, -0.05) is 0 Å². The van der Waals surface area contributed by atoms with E-state index in [4.69, 9.17) is 15.3 Å². The predicted octanol–water partition coefficient (Wildman–Crippen LogP) is 3.36. The molecule has 0 radical (unpaired) electrons. The van der Waals surface area contributed by atoms with Crippen molar-refractivity contribution in [3.05, 3.63) is 29.3 Å². The second-order valence-corrected chi connectivity index (χ2v) is 4.11. The number of hydrogen-bond donors (Lipinski definition) is 0. The van der Waals surface area contributed by atoms with Crippen molar-refractivity contribution in [2.75, 3.05) is 24.6 Å². The predicted molar refractivity (Wildman–Crippen MR) is 80.4 cm³/mol. The van der Waals surface area contributed by atoms with Gasteiger partial charge < -0.3 is 9.64 Å². The van der Waals surface area contributed by atoms with E-state index in [1.807, 2.05) is 37.3 Å². The highest BCUT2D eigenvalue weighted by molar-refractivity contribution is 5.69. The Hall–Kier alpha value is -2.46. The molecule has 0 atom stereocenters. The van der Waals surface area contributed by atoms with Gasteiger partial charge in [-0.2, -0.15) is 10.5 Å². The molecule has 0 saturated heterocycles. The van der Waals surface area contributed by atoms with Crippen molar-refractivity contribution in [3.63, 3.8) is 0 Å². The van der Waals surface area contributed by atoms with Gasteiger partial charge in [-0.15, -0.1) is 0 Å². The zero-order valence-electron chi connectivity index (χ0n) is 12.2. The van der Waals surface area contributed by atoms with Gasteiger partial charge in [0.05, 0.1) is 6.61 Å². The van der Waals surface area contributed by atoms with Gasteiger partial charge in [0.2, 0.25) is 0 Å². The van der Waals surface area contributed by atoms with Crippen LogP contribution < -0.4 is 9.64 Å². The maximum atomic E-state index is 8.84. The van der Waals surface area contributed by atoms with Crippen LogP contribution in [0.25, 0.3) is 6.08 Å². The molecule has 0 heterocycles. The molecule has 0 N–H and O–H groups in total. The number of allylic oxidation sites excluding steroid dienone is 1. The molecule has 1 aromatic carbocycles. The fourth-order valence-electron chi connectivity index (χ4n) is 1.95. The van der Waals surface area contributed by atoms with Crippen LogP contribution in [0, 0.1) is 22.7 Å². The molecule has 0 aliphatic carbocycles. The molecular formula is C16H19N3O. The first kappa shape index (κ1) is 15.6. The van der Waals surface area contributed by atoms with E-state index in [9.17, 15) is 0 Å². The summed E-state index contributed by atoms with van der Waals surface area (Å²) >= 11 is 0. The average Bonchev–Trinajstić information content (AvgIpc) is 2.48. The van der Waals surface area contributed by atoms with Gasteiger partial charge in [-0.05, 0) is 39.0 Å². The fraction of sp³-hybridized carbons (Fsp3) is 0.375. The first-order valence-electron chi connectivity index (χ1n) is 6.73. The van der Waals surface area contributed by atoms with Crippen molar-refractivity contribution in [1.29, 1.82) is 10.5 Å². The summed E-state index contributed by atoms with van der Waals surface area (Å²) in [7, 11) is 0. The minimum Gasteiger partial charge on any atom is -0.493 e. The molecule has 0 aliphatic heterocycles. The number of rotatable bonds is 6. The largest absolute Gasteiger partial charge is 0.493 e. The first-order valence-corrected chi connectivity index (χ1v) is 6.73. The van der Waals surface area contributed by atoms with E-state index in [2.05, 4.69) is 18.7 Å². The van der Waals surface area contributed by atoms with Gasteiger partial charge in [-0.25, -0.2) is 0 Å². The highest BCUT2D eigenvalue weighted by Gasteiger charge is 2.08. The molecule has 4 nitrogen and oxygen atoms in total. The fourth-order valence-corrected chi connectivity index (χ4v) is 1.95. The summed E-state index contributed by atoms with van der Waals surface area (Å²) in [5, 5.41) is 17.7. The number of hydrogen-bond acceptors (Lipinski definition) is 4. The van der Waals surface area contributed by atoms with Crippen molar-refractivity contribution < 1.29 is 4.74 Å². The summed E-state index contributed by atoms with van der Waals surface area (Å²) in [6.07, 6.45) is 1.55. The molecule has 1 rings (SSSR count). The lowest BCUT2D eigenvalue weighted by Crippen LogP contribution is -2.21. The van der Waals surface area contributed by atoms with E-state index in [1.165, 1.54) is 0 Å². The van der Waals surface area contributed by atoms with Crippen molar-refractivity contribution in [1.82, 2.24) is 0 Å². The molecule has 0 spiro atoms. The van der Waals surface area contributed by atoms with Crippen LogP contribution in [0.4, 0.5) is 5.69 Å². The highest BCUT2D eigenvalue weighted by atomic mass is 16.5. The molecule has 0 fully saturated rings. The maximum Gasteiger partial charge on any atom is 0.130 e. The summed E-state index contributed by atoms with van der Waals surface area (Å²) in [6.45, 7) is 8.48. The molecule has 0 unspecified atom stereocenters. The molecule has 20 heavy (non-hydrogen) atoms. The zero-order chi connectivity index (χ0) is 15.0. The van der Waals surface area contributed by atoms with Crippen molar-refractivity contribution in [2.45, 2.75) is 20.8 Å². The lowest BCUT2D eigenvalue weighted by Gasteiger charge is -2.22. The van der Waals surface area contributed by atoms with Gasteiger partial charge in [0.25, 0.3) is 0 Å². The third-order valence-electron chi connectivity index (χ3n) is 2.97. The normalized spacial score (nSPS) is 9.25. The van der Waals surface area contributed by atoms with E-state index in [0.717, 1.165) is 24.3 Å². The number of benzene rings is 1. The van der Waals surface area contributed by atoms with Gasteiger partial charge in [0, 0.05) is 30.4 Å². The summed E-state index contributed by atoms with van der Waals surface area (Å²) in [4.78, 5) is 2.21. The van der Waals surface area contributed by atoms with Crippen LogP contribution in [0.15, 0.2) is 23.8 Å². The van der Waals surface area contributed by atoms with E-state index < -0.39 is 0 Å². The lowest BCUT2D eigenvalue weighted by atomic mass is 10.1. The second kappa shape index (κ2) is 7.86. The Labute approximate surface area is 120 Å². The Balaban J connectivity index is 3.25. The topological polar surface area (TPSA) is 60.0 Å². The summed E-state index contributed by atoms with van der Waals surface area (Å²) in [6, 6.07) is 9.54. The minimum absolute atomic E-state index is 0.0709. The molecule has 0 aromatic heterocycles. The van der Waals surface area contributed by atoms with Crippen LogP contribution >= 0.6 is 0 Å². The quantitative estimate of drug-likeness (QED) is 0.743. The Morgan fingerprint density at radius 2 is 1.85 bits per heavy atom. The minimum atomic E-state index is 0.0709. The maximum absolute atomic E-state index is 8.84. The highest BCUT2D eigenvalue weighted by Crippen LogP contribution is 2.27. The Bertz CT molecular complexity index is 544. The standard InChI is InChI=1S/C16H19N3O/c1-4-19(5-2)15-8-7-14(9-13(11-17)12-18)16(10-15)20-6-3/h7-10H,4-6H2,1-3H3. The van der Waals surface area contributed by atoms with E-state index in [1.54, 1.807) is 6.08 Å². The van der Waals surface area contributed by atoms with E-state index in [-0.39, 0.29) is 5.57 Å². The lowest BCUT2D eigenvalue weighted by molar-refractivity contribution is 0.339. The molecule has 4 heteroatoms. The molecule has 0 bridgehead atoms. The number of ether oxygens (including phenoxy) is 1. The molecule has 1 aromatic rings. The molecule has 104 valence electrons. The van der Waals surface area contributed by atoms with Crippen LogP contribution in [0.2, 0.25) is 0 Å². The summed E-state index contributed by atoms with van der Waals surface area (Å²) in [5.74, 6) is 0.694. The first-order chi connectivity index (χ1) is 9.69. The van der Waals surface area contributed by atoms with Gasteiger partial charge in [-0.3, -0.25) is 0 Å². The van der Waals surface area contributed by atoms with Crippen molar-refractivity contribution in [2.24, 2.45) is 0 Å². The third kappa shape index (κ3) is 3.76. The van der Waals surface area contributed by atoms with Gasteiger partial charge in [0.15, 0.2) is 0 Å². The molecular weight excluding hydrogens is 250 g/mol. The van der Waals surface area contributed by atoms with Crippen LogP contribution in [0.5, 0.6) is 5.75 Å². The average molecular weight is 269 g/mol. The Kier molecular flexibility index (Phi) is 6.13. The summed E-state index contributed by atoms with van der Waals surface area (Å²) < 4.78 is 5.62. The van der Waals surface area contributed by atoms with E-state index >= 15 is 0 Å². The molecule has 0 aliphatic rings. The van der Waals surface area contributed by atoms with Crippen molar-refractivity contribution >= 4 is 11.8 Å². The van der Waals surface area contributed by atoms with Crippen LogP contribution in [-0.4, -0.2) is 19.7 Å². The van der Waals surface area contributed by atoms with Gasteiger partial charge in [0.1, 0.15) is 23.5 Å². The molecule has 0 amide bonds. The van der Waals surface area contributed by atoms with Crippen LogP contribution in [-0.2, 0) is 0 Å².